The Hall–Kier alpha value is -4.13. The number of likely N-dealkylation sites (tertiary alicyclic amines) is 1. The Kier molecular flexibility index (Phi) is 8.00. The zero-order chi connectivity index (χ0) is 29.1. The number of nitrogens with one attached hydrogen (secondary N) is 2. The molecule has 1 amide bonds. The number of imidazole rings is 1. The molecule has 10 nitrogen and oxygen atoms in total. The summed E-state index contributed by atoms with van der Waals surface area (Å²) in [6, 6.07) is 11.9. The zero-order valence-electron chi connectivity index (χ0n) is 23.2. The summed E-state index contributed by atoms with van der Waals surface area (Å²) in [6.07, 6.45) is 5.12. The number of aromatic nitrogens is 3. The maximum absolute atomic E-state index is 12.8. The van der Waals surface area contributed by atoms with E-state index >= 15 is 0 Å². The second kappa shape index (κ2) is 12.0. The number of aryl methyl sites for hydroxylation is 1. The van der Waals surface area contributed by atoms with Gasteiger partial charge < -0.3 is 24.8 Å². The lowest BCUT2D eigenvalue weighted by molar-refractivity contribution is -0.190. The van der Waals surface area contributed by atoms with E-state index in [1.807, 2.05) is 23.5 Å². The molecule has 0 radical (unpaired) electrons. The van der Waals surface area contributed by atoms with E-state index in [9.17, 15) is 13.6 Å². The Labute approximate surface area is 241 Å². The monoisotopic (exact) mass is 578 g/mol. The number of benzene rings is 2. The molecule has 1 spiro atoms. The number of amides is 1. The van der Waals surface area contributed by atoms with Crippen molar-refractivity contribution in [1.82, 2.24) is 24.6 Å². The second-order valence-electron chi connectivity index (χ2n) is 10.7. The molecule has 0 atom stereocenters. The van der Waals surface area contributed by atoms with Crippen LogP contribution in [-0.4, -0.2) is 84.4 Å². The average molecular weight is 579 g/mol. The SMILES string of the molecule is Cc1cc(Nc2nccn3c(-c4ccc(OC(F)F)cc4)cnc23)ccc1C(=O)NCCOCCN1CC2(COC2)C1. The normalized spacial score (nSPS) is 15.9. The van der Waals surface area contributed by atoms with Crippen LogP contribution in [0.3, 0.4) is 0 Å². The van der Waals surface area contributed by atoms with Crippen molar-refractivity contribution in [3.63, 3.8) is 0 Å². The van der Waals surface area contributed by atoms with Gasteiger partial charge in [-0.1, -0.05) is 0 Å². The van der Waals surface area contributed by atoms with Crippen LogP contribution in [0, 0.1) is 12.3 Å². The summed E-state index contributed by atoms with van der Waals surface area (Å²) >= 11 is 0. The molecule has 12 heteroatoms. The number of ether oxygens (including phenoxy) is 3. The van der Waals surface area contributed by atoms with Crippen LogP contribution < -0.4 is 15.4 Å². The smallest absolute Gasteiger partial charge is 0.387 e. The van der Waals surface area contributed by atoms with Crippen LogP contribution in [0.1, 0.15) is 15.9 Å². The highest BCUT2D eigenvalue weighted by Gasteiger charge is 2.48. The number of anilines is 2. The summed E-state index contributed by atoms with van der Waals surface area (Å²) in [5.41, 5.74) is 4.71. The summed E-state index contributed by atoms with van der Waals surface area (Å²) in [5, 5.41) is 6.21. The van der Waals surface area contributed by atoms with Gasteiger partial charge in [0.1, 0.15) is 5.75 Å². The molecule has 0 saturated carbocycles. The van der Waals surface area contributed by atoms with Gasteiger partial charge in [0.25, 0.3) is 5.91 Å². The standard InChI is InChI=1S/C30H32F2N6O4/c1-20-14-22(4-7-24(20)28(39)34-9-12-40-13-11-37-16-30(17-37)18-41-19-30)36-26-27-35-15-25(38(27)10-8-33-26)21-2-5-23(6-3-21)42-29(31)32/h2-8,10,14-15,29H,9,11-13,16-19H2,1H3,(H,33,36)(H,34,39). The molecule has 2 fully saturated rings. The highest BCUT2D eigenvalue weighted by Crippen LogP contribution is 2.37. The molecule has 2 saturated heterocycles. The van der Waals surface area contributed by atoms with Crippen LogP contribution in [0.15, 0.2) is 61.1 Å². The van der Waals surface area contributed by atoms with E-state index in [2.05, 4.69) is 30.2 Å². The van der Waals surface area contributed by atoms with Crippen molar-refractivity contribution < 1.29 is 27.8 Å². The average Bonchev–Trinajstić information content (AvgIpc) is 3.36. The van der Waals surface area contributed by atoms with E-state index in [0.717, 1.165) is 55.4 Å². The lowest BCUT2D eigenvalue weighted by atomic mass is 9.78. The number of nitrogens with zero attached hydrogens (tertiary/aromatic N) is 4. The second-order valence-corrected chi connectivity index (χ2v) is 10.7. The van der Waals surface area contributed by atoms with E-state index < -0.39 is 6.61 Å². The van der Waals surface area contributed by atoms with Crippen LogP contribution >= 0.6 is 0 Å². The fourth-order valence-electron chi connectivity index (χ4n) is 5.42. The lowest BCUT2D eigenvalue weighted by Gasteiger charge is -2.55. The molecular weight excluding hydrogens is 546 g/mol. The van der Waals surface area contributed by atoms with Gasteiger partial charge in [0.15, 0.2) is 11.5 Å². The van der Waals surface area contributed by atoms with E-state index in [1.54, 1.807) is 36.8 Å². The largest absolute Gasteiger partial charge is 0.435 e. The van der Waals surface area contributed by atoms with Crippen LogP contribution in [0.2, 0.25) is 0 Å². The van der Waals surface area contributed by atoms with Crippen molar-refractivity contribution in [2.75, 3.05) is 57.9 Å². The summed E-state index contributed by atoms with van der Waals surface area (Å²) < 4.78 is 42.3. The van der Waals surface area contributed by atoms with Gasteiger partial charge in [-0.15, -0.1) is 0 Å². The summed E-state index contributed by atoms with van der Waals surface area (Å²) in [5.74, 6) is 0.466. The molecule has 2 aromatic carbocycles. The number of alkyl halides is 2. The van der Waals surface area contributed by atoms with Gasteiger partial charge in [-0.05, 0) is 55.0 Å². The van der Waals surface area contributed by atoms with Crippen molar-refractivity contribution in [2.45, 2.75) is 13.5 Å². The van der Waals surface area contributed by atoms with Crippen LogP contribution in [0.25, 0.3) is 16.9 Å². The van der Waals surface area contributed by atoms with Gasteiger partial charge in [0, 0.05) is 60.8 Å². The molecule has 2 aromatic heterocycles. The number of halogens is 2. The number of carbonyl (C=O) groups is 1. The van der Waals surface area contributed by atoms with Gasteiger partial charge >= 0.3 is 6.61 Å². The Bertz CT molecular complexity index is 1550. The van der Waals surface area contributed by atoms with E-state index in [0.29, 0.717) is 42.2 Å². The number of fused-ring (bicyclic) bond motifs is 1. The highest BCUT2D eigenvalue weighted by molar-refractivity contribution is 5.96. The molecule has 220 valence electrons. The molecule has 42 heavy (non-hydrogen) atoms. The zero-order valence-corrected chi connectivity index (χ0v) is 23.2. The highest BCUT2D eigenvalue weighted by atomic mass is 19.3. The van der Waals surface area contributed by atoms with Crippen LogP contribution in [0.5, 0.6) is 5.75 Å². The molecule has 4 aromatic rings. The number of hydrogen-bond acceptors (Lipinski definition) is 8. The molecular formula is C30H32F2N6O4. The summed E-state index contributed by atoms with van der Waals surface area (Å²) in [6.45, 7) is 5.39. The first-order chi connectivity index (χ1) is 20.4. The predicted octanol–water partition coefficient (Wildman–Crippen LogP) is 4.13. The van der Waals surface area contributed by atoms with Gasteiger partial charge in [0.2, 0.25) is 0 Å². The van der Waals surface area contributed by atoms with Crippen LogP contribution in [0.4, 0.5) is 20.3 Å². The Morgan fingerprint density at radius 3 is 2.64 bits per heavy atom. The van der Waals surface area contributed by atoms with Crippen molar-refractivity contribution in [2.24, 2.45) is 5.41 Å². The van der Waals surface area contributed by atoms with Gasteiger partial charge in [-0.2, -0.15) is 8.78 Å². The number of rotatable bonds is 12. The summed E-state index contributed by atoms with van der Waals surface area (Å²) in [4.78, 5) is 24.1. The molecule has 6 rings (SSSR count). The van der Waals surface area contributed by atoms with Gasteiger partial charge in [0.05, 0.1) is 38.3 Å². The molecule has 0 bridgehead atoms. The van der Waals surface area contributed by atoms with Gasteiger partial charge in [-0.3, -0.25) is 14.1 Å². The molecule has 0 unspecified atom stereocenters. The minimum Gasteiger partial charge on any atom is -0.435 e. The van der Waals surface area contributed by atoms with Crippen molar-refractivity contribution in [1.29, 1.82) is 0 Å². The molecule has 2 aliphatic heterocycles. The number of carbonyl (C=O) groups excluding carboxylic acids is 1. The molecule has 0 aliphatic carbocycles. The first kappa shape index (κ1) is 28.0. The number of hydrogen-bond donors (Lipinski definition) is 2. The van der Waals surface area contributed by atoms with Gasteiger partial charge in [-0.25, -0.2) is 9.97 Å². The Balaban J connectivity index is 1.02. The lowest BCUT2D eigenvalue weighted by Crippen LogP contribution is -2.66. The van der Waals surface area contributed by atoms with Crippen molar-refractivity contribution >= 4 is 23.1 Å². The predicted molar refractivity (Wildman–Crippen MR) is 152 cm³/mol. The first-order valence-corrected chi connectivity index (χ1v) is 13.8. The molecule has 2 N–H and O–H groups in total. The third-order valence-corrected chi connectivity index (χ3v) is 7.56. The third-order valence-electron chi connectivity index (χ3n) is 7.56. The molecule has 2 aliphatic rings. The maximum atomic E-state index is 12.8. The fraction of sp³-hybridized carbons (Fsp3) is 0.367. The Morgan fingerprint density at radius 1 is 1.12 bits per heavy atom. The van der Waals surface area contributed by atoms with E-state index in [1.165, 1.54) is 12.1 Å². The summed E-state index contributed by atoms with van der Waals surface area (Å²) in [7, 11) is 0. The maximum Gasteiger partial charge on any atom is 0.387 e. The minimum atomic E-state index is -2.88. The third kappa shape index (κ3) is 6.06. The van der Waals surface area contributed by atoms with Crippen molar-refractivity contribution in [3.05, 3.63) is 72.2 Å². The van der Waals surface area contributed by atoms with Crippen molar-refractivity contribution in [3.8, 4) is 17.0 Å². The first-order valence-electron chi connectivity index (χ1n) is 13.8. The minimum absolute atomic E-state index is 0.0861. The Morgan fingerprint density at radius 2 is 1.93 bits per heavy atom. The van der Waals surface area contributed by atoms with Crippen LogP contribution in [-0.2, 0) is 9.47 Å². The van der Waals surface area contributed by atoms with E-state index in [-0.39, 0.29) is 11.7 Å². The van der Waals surface area contributed by atoms with E-state index in [4.69, 9.17) is 9.47 Å². The fourth-order valence-corrected chi connectivity index (χ4v) is 5.42. The quantitative estimate of drug-likeness (QED) is 0.242. The topological polar surface area (TPSA) is 102 Å². The molecule has 4 heterocycles.